The monoisotopic (exact) mass is 266 g/mol. The molecule has 2 heteroatoms. The van der Waals surface area contributed by atoms with Gasteiger partial charge in [0.25, 0.3) is 0 Å². The van der Waals surface area contributed by atoms with E-state index < -0.39 is 0 Å². The van der Waals surface area contributed by atoms with Crippen LogP contribution in [0.25, 0.3) is 0 Å². The summed E-state index contributed by atoms with van der Waals surface area (Å²) in [6.07, 6.45) is 11.6. The second-order valence-electron chi connectivity index (χ2n) is 7.10. The second-order valence-corrected chi connectivity index (χ2v) is 7.10. The van der Waals surface area contributed by atoms with Crippen molar-refractivity contribution in [2.75, 3.05) is 26.2 Å². The third-order valence-corrected chi connectivity index (χ3v) is 4.98. The van der Waals surface area contributed by atoms with Crippen molar-refractivity contribution < 1.29 is 0 Å². The van der Waals surface area contributed by atoms with Crippen LogP contribution in [-0.2, 0) is 0 Å². The molecule has 1 saturated carbocycles. The van der Waals surface area contributed by atoms with Crippen molar-refractivity contribution in [1.29, 1.82) is 0 Å². The molecule has 1 saturated heterocycles. The normalized spacial score (nSPS) is 27.9. The largest absolute Gasteiger partial charge is 0.316 e. The lowest BCUT2D eigenvalue weighted by Gasteiger charge is -2.31. The van der Waals surface area contributed by atoms with Crippen molar-refractivity contribution >= 4 is 0 Å². The molecule has 2 fully saturated rings. The van der Waals surface area contributed by atoms with Gasteiger partial charge in [-0.25, -0.2) is 0 Å². The first-order chi connectivity index (χ1) is 9.27. The fourth-order valence-electron chi connectivity index (χ4n) is 3.91. The predicted molar refractivity (Wildman–Crippen MR) is 83.5 cm³/mol. The van der Waals surface area contributed by atoms with Crippen LogP contribution in [0.2, 0.25) is 0 Å². The van der Waals surface area contributed by atoms with Crippen LogP contribution in [0.15, 0.2) is 0 Å². The first-order valence-electron chi connectivity index (χ1n) is 8.72. The summed E-state index contributed by atoms with van der Waals surface area (Å²) in [5, 5.41) is 3.54. The third-order valence-electron chi connectivity index (χ3n) is 4.98. The van der Waals surface area contributed by atoms with Crippen molar-refractivity contribution in [3.8, 4) is 0 Å². The maximum Gasteiger partial charge on any atom is 0.0124 e. The van der Waals surface area contributed by atoms with Gasteiger partial charge in [-0.05, 0) is 70.1 Å². The van der Waals surface area contributed by atoms with Crippen molar-refractivity contribution in [1.82, 2.24) is 10.2 Å². The lowest BCUT2D eigenvalue weighted by molar-refractivity contribution is 0.179. The highest BCUT2D eigenvalue weighted by molar-refractivity contribution is 4.89. The highest BCUT2D eigenvalue weighted by Gasteiger charge is 2.34. The fourth-order valence-corrected chi connectivity index (χ4v) is 3.91. The van der Waals surface area contributed by atoms with Gasteiger partial charge in [-0.2, -0.15) is 0 Å². The molecule has 1 heterocycles. The van der Waals surface area contributed by atoms with E-state index in [0.717, 1.165) is 17.9 Å². The maximum atomic E-state index is 3.54. The maximum absolute atomic E-state index is 3.54. The van der Waals surface area contributed by atoms with Gasteiger partial charge in [0.05, 0.1) is 0 Å². The molecular weight excluding hydrogens is 232 g/mol. The number of hydrogen-bond donors (Lipinski definition) is 1. The molecule has 0 aromatic carbocycles. The van der Waals surface area contributed by atoms with Crippen LogP contribution in [0.3, 0.4) is 0 Å². The average Bonchev–Trinajstić information content (AvgIpc) is 2.81. The molecule has 2 aliphatic rings. The Bertz CT molecular complexity index is 239. The topological polar surface area (TPSA) is 15.3 Å². The summed E-state index contributed by atoms with van der Waals surface area (Å²) in [6, 6.07) is 0.966. The van der Waals surface area contributed by atoms with E-state index in [1.54, 1.807) is 0 Å². The molecule has 2 rings (SSSR count). The molecule has 2 atom stereocenters. The number of nitrogens with zero attached hydrogens (tertiary/aromatic N) is 1. The molecule has 1 N–H and O–H groups in total. The Morgan fingerprint density at radius 1 is 1.05 bits per heavy atom. The van der Waals surface area contributed by atoms with Crippen LogP contribution in [0.4, 0.5) is 0 Å². The van der Waals surface area contributed by atoms with Crippen molar-refractivity contribution in [2.45, 2.75) is 71.3 Å². The standard InChI is InChI=1S/C17H34N2/c1-15(2)14-18-11-6-3-7-12-19-13-10-16-8-4-5-9-17(16)19/h15-18H,3-14H2,1-2H3. The summed E-state index contributed by atoms with van der Waals surface area (Å²) in [5.41, 5.74) is 0. The van der Waals surface area contributed by atoms with Crippen LogP contribution in [0.5, 0.6) is 0 Å². The minimum absolute atomic E-state index is 0.785. The van der Waals surface area contributed by atoms with Crippen molar-refractivity contribution in [3.63, 3.8) is 0 Å². The Balaban J connectivity index is 1.49. The number of unbranched alkanes of at least 4 members (excludes halogenated alkanes) is 2. The summed E-state index contributed by atoms with van der Waals surface area (Å²) in [6.45, 7) is 9.70. The molecule has 2 unspecified atom stereocenters. The Labute approximate surface area is 120 Å². The molecule has 1 aliphatic carbocycles. The minimum atomic E-state index is 0.785. The second kappa shape index (κ2) is 8.26. The Morgan fingerprint density at radius 3 is 2.74 bits per heavy atom. The van der Waals surface area contributed by atoms with Crippen LogP contribution in [0, 0.1) is 11.8 Å². The first-order valence-corrected chi connectivity index (χ1v) is 8.72. The third kappa shape index (κ3) is 5.07. The van der Waals surface area contributed by atoms with E-state index in [9.17, 15) is 0 Å². The summed E-state index contributed by atoms with van der Waals surface area (Å²) in [5.74, 6) is 1.84. The summed E-state index contributed by atoms with van der Waals surface area (Å²) < 4.78 is 0. The van der Waals surface area contributed by atoms with E-state index in [2.05, 4.69) is 24.1 Å². The number of rotatable bonds is 8. The van der Waals surface area contributed by atoms with Crippen molar-refractivity contribution in [3.05, 3.63) is 0 Å². The zero-order valence-corrected chi connectivity index (χ0v) is 13.2. The number of likely N-dealkylation sites (tertiary alicyclic amines) is 1. The van der Waals surface area contributed by atoms with Gasteiger partial charge in [-0.1, -0.05) is 33.1 Å². The van der Waals surface area contributed by atoms with Crippen LogP contribution in [0.1, 0.15) is 65.2 Å². The van der Waals surface area contributed by atoms with Crippen LogP contribution < -0.4 is 5.32 Å². The predicted octanol–water partition coefficient (Wildman–Crippen LogP) is 3.67. The van der Waals surface area contributed by atoms with Gasteiger partial charge in [-0.15, -0.1) is 0 Å². The highest BCUT2D eigenvalue weighted by Crippen LogP contribution is 2.36. The summed E-state index contributed by atoms with van der Waals surface area (Å²) in [4.78, 5) is 2.81. The molecule has 0 amide bonds. The molecule has 0 radical (unpaired) electrons. The van der Waals surface area contributed by atoms with Gasteiger partial charge in [0.2, 0.25) is 0 Å². The quantitative estimate of drug-likeness (QED) is 0.674. The molecule has 19 heavy (non-hydrogen) atoms. The van der Waals surface area contributed by atoms with Gasteiger partial charge >= 0.3 is 0 Å². The van der Waals surface area contributed by atoms with Crippen molar-refractivity contribution in [2.24, 2.45) is 11.8 Å². The summed E-state index contributed by atoms with van der Waals surface area (Å²) in [7, 11) is 0. The van der Waals surface area contributed by atoms with Crippen LogP contribution in [-0.4, -0.2) is 37.1 Å². The SMILES string of the molecule is CC(C)CNCCCCCN1CCC2CCCCC21. The van der Waals surface area contributed by atoms with Gasteiger partial charge in [0.15, 0.2) is 0 Å². The number of nitrogens with one attached hydrogen (secondary N) is 1. The number of hydrogen-bond acceptors (Lipinski definition) is 2. The molecule has 2 nitrogen and oxygen atoms in total. The molecule has 0 aromatic heterocycles. The molecular formula is C17H34N2. The van der Waals surface area contributed by atoms with E-state index in [4.69, 9.17) is 0 Å². The fraction of sp³-hybridized carbons (Fsp3) is 1.00. The van der Waals surface area contributed by atoms with E-state index >= 15 is 0 Å². The van der Waals surface area contributed by atoms with Crippen LogP contribution >= 0.6 is 0 Å². The molecule has 0 bridgehead atoms. The van der Waals surface area contributed by atoms with Gasteiger partial charge in [-0.3, -0.25) is 0 Å². The summed E-state index contributed by atoms with van der Waals surface area (Å²) >= 11 is 0. The zero-order valence-electron chi connectivity index (χ0n) is 13.2. The smallest absolute Gasteiger partial charge is 0.0124 e. The van der Waals surface area contributed by atoms with Gasteiger partial charge < -0.3 is 10.2 Å². The van der Waals surface area contributed by atoms with E-state index in [1.807, 2.05) is 0 Å². The zero-order chi connectivity index (χ0) is 13.5. The number of fused-ring (bicyclic) bond motifs is 1. The van der Waals surface area contributed by atoms with Gasteiger partial charge in [0, 0.05) is 6.04 Å². The Kier molecular flexibility index (Phi) is 6.66. The minimum Gasteiger partial charge on any atom is -0.316 e. The molecule has 0 spiro atoms. The molecule has 1 aliphatic heterocycles. The van der Waals surface area contributed by atoms with E-state index in [-0.39, 0.29) is 0 Å². The Morgan fingerprint density at radius 2 is 1.89 bits per heavy atom. The first kappa shape index (κ1) is 15.3. The van der Waals surface area contributed by atoms with Gasteiger partial charge in [0.1, 0.15) is 0 Å². The lowest BCUT2D eigenvalue weighted by Crippen LogP contribution is -2.35. The Hall–Kier alpha value is -0.0800. The average molecular weight is 266 g/mol. The lowest BCUT2D eigenvalue weighted by atomic mass is 9.85. The van der Waals surface area contributed by atoms with E-state index in [0.29, 0.717) is 0 Å². The van der Waals surface area contributed by atoms with E-state index in [1.165, 1.54) is 77.5 Å². The molecule has 0 aromatic rings. The highest BCUT2D eigenvalue weighted by atomic mass is 15.2. The molecule has 112 valence electrons.